The Labute approximate surface area is 110 Å². The first kappa shape index (κ1) is 13.9. The monoisotopic (exact) mass is 307 g/mol. The van der Waals surface area contributed by atoms with Crippen molar-refractivity contribution < 1.29 is 4.39 Å². The molecule has 0 bridgehead atoms. The summed E-state index contributed by atoms with van der Waals surface area (Å²) in [5, 5.41) is 4.57. The van der Waals surface area contributed by atoms with Crippen molar-refractivity contribution in [1.29, 1.82) is 0 Å². The number of rotatable bonds is 7. The summed E-state index contributed by atoms with van der Waals surface area (Å²) in [6, 6.07) is 4.83. The summed E-state index contributed by atoms with van der Waals surface area (Å²) >= 11 is 9.09. The van der Waals surface area contributed by atoms with Gasteiger partial charge in [-0.15, -0.1) is 0 Å². The summed E-state index contributed by atoms with van der Waals surface area (Å²) in [6.45, 7) is 1.73. The van der Waals surface area contributed by atoms with Crippen molar-refractivity contribution in [3.63, 3.8) is 0 Å². The smallest absolute Gasteiger partial charge is 0.141 e. The quantitative estimate of drug-likeness (QED) is 0.590. The summed E-state index contributed by atoms with van der Waals surface area (Å²) in [4.78, 5) is 0. The molecule has 1 nitrogen and oxygen atoms in total. The molecule has 0 atom stereocenters. The van der Waals surface area contributed by atoms with Gasteiger partial charge in [0.05, 0.1) is 5.02 Å². The number of halogens is 3. The van der Waals surface area contributed by atoms with Crippen molar-refractivity contribution >= 4 is 27.5 Å². The van der Waals surface area contributed by atoms with Crippen LogP contribution >= 0.6 is 27.5 Å². The zero-order valence-corrected chi connectivity index (χ0v) is 11.5. The molecule has 90 valence electrons. The Kier molecular flexibility index (Phi) is 7.01. The molecule has 0 aliphatic carbocycles. The van der Waals surface area contributed by atoms with Crippen LogP contribution in [-0.2, 0) is 6.54 Å². The van der Waals surface area contributed by atoms with Gasteiger partial charge in [-0.25, -0.2) is 4.39 Å². The Morgan fingerprint density at radius 3 is 2.75 bits per heavy atom. The fourth-order valence-electron chi connectivity index (χ4n) is 1.40. The fraction of sp³-hybridized carbons (Fsp3) is 0.500. The van der Waals surface area contributed by atoms with E-state index in [9.17, 15) is 4.39 Å². The molecule has 1 aromatic rings. The second-order valence-corrected chi connectivity index (χ2v) is 4.88. The lowest BCUT2D eigenvalue weighted by atomic mass is 10.2. The largest absolute Gasteiger partial charge is 0.313 e. The van der Waals surface area contributed by atoms with E-state index in [1.165, 1.54) is 25.3 Å². The van der Waals surface area contributed by atoms with Gasteiger partial charge < -0.3 is 5.32 Å². The lowest BCUT2D eigenvalue weighted by Crippen LogP contribution is -2.14. The minimum Gasteiger partial charge on any atom is -0.313 e. The maximum absolute atomic E-state index is 12.9. The van der Waals surface area contributed by atoms with Crippen LogP contribution in [0.2, 0.25) is 5.02 Å². The van der Waals surface area contributed by atoms with E-state index in [0.29, 0.717) is 0 Å². The van der Waals surface area contributed by atoms with Crippen molar-refractivity contribution in [1.82, 2.24) is 5.32 Å². The normalized spacial score (nSPS) is 10.7. The van der Waals surface area contributed by atoms with E-state index < -0.39 is 0 Å². The van der Waals surface area contributed by atoms with Gasteiger partial charge in [-0.1, -0.05) is 40.0 Å². The van der Waals surface area contributed by atoms with E-state index in [2.05, 4.69) is 21.2 Å². The Morgan fingerprint density at radius 1 is 1.25 bits per heavy atom. The van der Waals surface area contributed by atoms with Crippen LogP contribution in [0.4, 0.5) is 4.39 Å². The Balaban J connectivity index is 2.19. The molecule has 0 unspecified atom stereocenters. The van der Waals surface area contributed by atoms with Crippen molar-refractivity contribution in [3.05, 3.63) is 34.6 Å². The molecular weight excluding hydrogens is 292 g/mol. The van der Waals surface area contributed by atoms with Gasteiger partial charge in [0.15, 0.2) is 0 Å². The summed E-state index contributed by atoms with van der Waals surface area (Å²) in [5.41, 5.74) is 1.02. The number of benzene rings is 1. The molecule has 1 N–H and O–H groups in total. The molecule has 1 rings (SSSR count). The number of nitrogens with one attached hydrogen (secondary N) is 1. The van der Waals surface area contributed by atoms with Crippen molar-refractivity contribution in [2.75, 3.05) is 11.9 Å². The van der Waals surface area contributed by atoms with Crippen LogP contribution in [0.3, 0.4) is 0 Å². The van der Waals surface area contributed by atoms with Gasteiger partial charge in [0.2, 0.25) is 0 Å². The molecule has 0 saturated carbocycles. The minimum atomic E-state index is -0.359. The third kappa shape index (κ3) is 5.28. The molecule has 0 amide bonds. The first-order valence-electron chi connectivity index (χ1n) is 5.44. The average Bonchev–Trinajstić information content (AvgIpc) is 2.28. The van der Waals surface area contributed by atoms with Crippen LogP contribution < -0.4 is 5.32 Å². The van der Waals surface area contributed by atoms with Gasteiger partial charge in [-0.2, -0.15) is 0 Å². The minimum absolute atomic E-state index is 0.193. The van der Waals surface area contributed by atoms with Gasteiger partial charge >= 0.3 is 0 Å². The zero-order valence-electron chi connectivity index (χ0n) is 9.11. The Morgan fingerprint density at radius 2 is 2.06 bits per heavy atom. The summed E-state index contributed by atoms with van der Waals surface area (Å²) in [5.74, 6) is -0.359. The van der Waals surface area contributed by atoms with E-state index in [1.807, 2.05) is 0 Å². The third-order valence-electron chi connectivity index (χ3n) is 2.30. The predicted octanol–water partition coefficient (Wildman–Crippen LogP) is 4.13. The highest BCUT2D eigenvalue weighted by molar-refractivity contribution is 9.09. The van der Waals surface area contributed by atoms with Gasteiger partial charge in [0.25, 0.3) is 0 Å². The average molecular weight is 309 g/mol. The molecular formula is C12H16BrClFN. The molecule has 0 saturated heterocycles. The van der Waals surface area contributed by atoms with Crippen LogP contribution in [0.25, 0.3) is 0 Å². The van der Waals surface area contributed by atoms with Gasteiger partial charge in [0, 0.05) is 11.9 Å². The number of alkyl halides is 1. The molecule has 0 heterocycles. The lowest BCUT2D eigenvalue weighted by molar-refractivity contribution is 0.613. The lowest BCUT2D eigenvalue weighted by Gasteiger charge is -2.05. The van der Waals surface area contributed by atoms with Crippen LogP contribution in [0.5, 0.6) is 0 Å². The fourth-order valence-corrected chi connectivity index (χ4v) is 2.00. The van der Waals surface area contributed by atoms with Crippen molar-refractivity contribution in [2.45, 2.75) is 25.8 Å². The van der Waals surface area contributed by atoms with Gasteiger partial charge in [0.1, 0.15) is 5.82 Å². The molecule has 0 aromatic heterocycles. The van der Waals surface area contributed by atoms with E-state index in [1.54, 1.807) is 12.1 Å². The number of hydrogen-bond acceptors (Lipinski definition) is 1. The maximum atomic E-state index is 12.9. The second-order valence-electron chi connectivity index (χ2n) is 3.67. The summed E-state index contributed by atoms with van der Waals surface area (Å²) in [6.07, 6.45) is 3.60. The summed E-state index contributed by atoms with van der Waals surface area (Å²) in [7, 11) is 0. The van der Waals surface area contributed by atoms with Crippen LogP contribution in [0.15, 0.2) is 18.2 Å². The van der Waals surface area contributed by atoms with Crippen molar-refractivity contribution in [2.24, 2.45) is 0 Å². The van der Waals surface area contributed by atoms with E-state index in [-0.39, 0.29) is 10.8 Å². The molecule has 0 aliphatic rings. The van der Waals surface area contributed by atoms with Crippen LogP contribution in [-0.4, -0.2) is 11.9 Å². The third-order valence-corrected chi connectivity index (χ3v) is 3.15. The second kappa shape index (κ2) is 8.04. The van der Waals surface area contributed by atoms with E-state index in [4.69, 9.17) is 11.6 Å². The topological polar surface area (TPSA) is 12.0 Å². The van der Waals surface area contributed by atoms with Gasteiger partial charge in [-0.3, -0.25) is 0 Å². The maximum Gasteiger partial charge on any atom is 0.141 e. The Hall–Kier alpha value is -0.120. The standard InChI is InChI=1S/C12H16BrClFN/c13-6-2-1-3-7-16-9-10-4-5-12(15)11(14)8-10/h4-5,8,16H,1-3,6-7,9H2. The van der Waals surface area contributed by atoms with Crippen molar-refractivity contribution in [3.8, 4) is 0 Å². The van der Waals surface area contributed by atoms with E-state index in [0.717, 1.165) is 24.0 Å². The molecule has 16 heavy (non-hydrogen) atoms. The highest BCUT2D eigenvalue weighted by atomic mass is 79.9. The van der Waals surface area contributed by atoms with E-state index >= 15 is 0 Å². The SMILES string of the molecule is Fc1ccc(CNCCCCCBr)cc1Cl. The number of hydrogen-bond donors (Lipinski definition) is 1. The first-order valence-corrected chi connectivity index (χ1v) is 6.94. The van der Waals surface area contributed by atoms with Crippen LogP contribution in [0, 0.1) is 5.82 Å². The molecule has 0 spiro atoms. The number of unbranched alkanes of at least 4 members (excludes halogenated alkanes) is 2. The van der Waals surface area contributed by atoms with Crippen LogP contribution in [0.1, 0.15) is 24.8 Å². The predicted molar refractivity (Wildman–Crippen MR) is 70.8 cm³/mol. The molecule has 4 heteroatoms. The molecule has 1 aromatic carbocycles. The molecule has 0 fully saturated rings. The summed E-state index contributed by atoms with van der Waals surface area (Å²) < 4.78 is 12.9. The molecule has 0 aliphatic heterocycles. The van der Waals surface area contributed by atoms with Gasteiger partial charge in [-0.05, 0) is 37.1 Å². The highest BCUT2D eigenvalue weighted by Crippen LogP contribution is 2.15. The first-order chi connectivity index (χ1) is 7.74. The highest BCUT2D eigenvalue weighted by Gasteiger charge is 2.00. The Bertz CT molecular complexity index is 320. The molecule has 0 radical (unpaired) electrons. The zero-order chi connectivity index (χ0) is 11.8.